The van der Waals surface area contributed by atoms with E-state index in [0.717, 1.165) is 18.4 Å². The Morgan fingerprint density at radius 2 is 1.87 bits per heavy atom. The van der Waals surface area contributed by atoms with Crippen molar-refractivity contribution in [2.45, 2.75) is 44.6 Å². The zero-order valence-electron chi connectivity index (χ0n) is 13.9. The van der Waals surface area contributed by atoms with E-state index < -0.39 is 10.0 Å². The van der Waals surface area contributed by atoms with Crippen molar-refractivity contribution in [3.63, 3.8) is 0 Å². The van der Waals surface area contributed by atoms with Gasteiger partial charge in [-0.15, -0.1) is 0 Å². The van der Waals surface area contributed by atoms with E-state index in [1.165, 1.54) is 0 Å². The summed E-state index contributed by atoms with van der Waals surface area (Å²) in [6.07, 6.45) is 1.58. The summed E-state index contributed by atoms with van der Waals surface area (Å²) in [6.45, 7) is 6.86. The van der Waals surface area contributed by atoms with Gasteiger partial charge >= 0.3 is 0 Å². The molecule has 0 aliphatic carbocycles. The van der Waals surface area contributed by atoms with Crippen molar-refractivity contribution in [2.75, 3.05) is 13.1 Å². The van der Waals surface area contributed by atoms with Crippen molar-refractivity contribution in [3.05, 3.63) is 29.8 Å². The number of carbonyl (C=O) groups excluding carboxylic acids is 1. The molecule has 3 rings (SSSR count). The Hall–Kier alpha value is -1.40. The zero-order valence-corrected chi connectivity index (χ0v) is 14.7. The topological polar surface area (TPSA) is 66.5 Å². The van der Waals surface area contributed by atoms with E-state index in [1.54, 1.807) is 22.5 Å². The average molecular weight is 336 g/mol. The maximum atomic E-state index is 12.7. The number of rotatable bonds is 3. The minimum atomic E-state index is -3.42. The van der Waals surface area contributed by atoms with Crippen LogP contribution in [0.1, 0.15) is 32.3 Å². The Morgan fingerprint density at radius 1 is 1.22 bits per heavy atom. The van der Waals surface area contributed by atoms with Crippen molar-refractivity contribution in [1.29, 1.82) is 0 Å². The first kappa shape index (κ1) is 16.5. The van der Waals surface area contributed by atoms with Gasteiger partial charge in [0.1, 0.15) is 0 Å². The van der Waals surface area contributed by atoms with Gasteiger partial charge in [0.2, 0.25) is 15.9 Å². The number of nitrogens with one attached hydrogen (secondary N) is 1. The molecule has 5 nitrogen and oxygen atoms in total. The third-order valence-corrected chi connectivity index (χ3v) is 7.14. The van der Waals surface area contributed by atoms with Crippen molar-refractivity contribution in [2.24, 2.45) is 11.3 Å². The normalized spacial score (nSPS) is 25.7. The van der Waals surface area contributed by atoms with Crippen LogP contribution in [0.3, 0.4) is 0 Å². The Bertz CT molecular complexity index is 719. The fraction of sp³-hybridized carbons (Fsp3) is 0.588. The number of amides is 1. The van der Waals surface area contributed by atoms with Crippen LogP contribution in [0.5, 0.6) is 0 Å². The molecule has 2 fully saturated rings. The van der Waals surface area contributed by atoms with Gasteiger partial charge in [-0.25, -0.2) is 8.42 Å². The first-order valence-electron chi connectivity index (χ1n) is 8.11. The molecule has 126 valence electrons. The van der Waals surface area contributed by atoms with Gasteiger partial charge in [-0.3, -0.25) is 4.79 Å². The van der Waals surface area contributed by atoms with E-state index in [0.29, 0.717) is 23.9 Å². The number of hydrogen-bond donors (Lipinski definition) is 1. The number of aryl methyl sites for hydroxylation is 1. The monoisotopic (exact) mass is 336 g/mol. The fourth-order valence-corrected chi connectivity index (χ4v) is 5.23. The predicted octanol–water partition coefficient (Wildman–Crippen LogP) is 1.92. The first-order valence-corrected chi connectivity index (χ1v) is 9.55. The molecule has 0 aromatic heterocycles. The molecular weight excluding hydrogens is 312 g/mol. The lowest BCUT2D eigenvalue weighted by Crippen LogP contribution is -2.68. The molecule has 1 N–H and O–H groups in total. The minimum Gasteiger partial charge on any atom is -0.351 e. The summed E-state index contributed by atoms with van der Waals surface area (Å²) in [6, 6.07) is 7.22. The van der Waals surface area contributed by atoms with Gasteiger partial charge in [0.05, 0.1) is 10.3 Å². The van der Waals surface area contributed by atoms with Gasteiger partial charge in [-0.2, -0.15) is 4.31 Å². The van der Waals surface area contributed by atoms with E-state index in [9.17, 15) is 13.2 Å². The molecule has 6 heteroatoms. The number of benzene rings is 1. The van der Waals surface area contributed by atoms with E-state index in [2.05, 4.69) is 5.32 Å². The molecular formula is C17H24N2O3S. The maximum Gasteiger partial charge on any atom is 0.243 e. The lowest BCUT2D eigenvalue weighted by molar-refractivity contribution is -0.146. The van der Waals surface area contributed by atoms with Gasteiger partial charge in [-0.05, 0) is 57.2 Å². The second kappa shape index (κ2) is 5.60. The highest BCUT2D eigenvalue weighted by atomic mass is 32.2. The Balaban J connectivity index is 1.68. The molecule has 1 aromatic rings. The van der Waals surface area contributed by atoms with Gasteiger partial charge in [-0.1, -0.05) is 12.1 Å². The molecule has 1 amide bonds. The van der Waals surface area contributed by atoms with E-state index in [-0.39, 0.29) is 17.4 Å². The molecule has 0 bridgehead atoms. The second-order valence-electron chi connectivity index (χ2n) is 7.23. The molecule has 2 heterocycles. The zero-order chi connectivity index (χ0) is 16.8. The van der Waals surface area contributed by atoms with Crippen LogP contribution in [0.4, 0.5) is 0 Å². The molecule has 0 radical (unpaired) electrons. The molecule has 2 aliphatic heterocycles. The quantitative estimate of drug-likeness (QED) is 0.858. The van der Waals surface area contributed by atoms with Crippen molar-refractivity contribution in [1.82, 2.24) is 9.62 Å². The Kier molecular flexibility index (Phi) is 4.01. The summed E-state index contributed by atoms with van der Waals surface area (Å²) in [5.74, 6) is 0.448. The number of sulfonamides is 1. The minimum absolute atomic E-state index is 0.0947. The van der Waals surface area contributed by atoms with Crippen LogP contribution in [-0.2, 0) is 14.8 Å². The maximum absolute atomic E-state index is 12.7. The number of hydrogen-bond acceptors (Lipinski definition) is 3. The van der Waals surface area contributed by atoms with Crippen molar-refractivity contribution < 1.29 is 13.2 Å². The first-order chi connectivity index (χ1) is 10.7. The fourth-order valence-electron chi connectivity index (χ4n) is 3.65. The molecule has 0 saturated carbocycles. The van der Waals surface area contributed by atoms with Crippen LogP contribution < -0.4 is 5.32 Å². The van der Waals surface area contributed by atoms with E-state index >= 15 is 0 Å². The third-order valence-electron chi connectivity index (χ3n) is 5.25. The molecule has 1 atom stereocenters. The summed E-state index contributed by atoms with van der Waals surface area (Å²) in [4.78, 5) is 12.0. The SMILES string of the molecule is Cc1cccc(S(=O)(=O)N2CCC(C3NC(=O)C3(C)C)CC2)c1. The van der Waals surface area contributed by atoms with Crippen molar-refractivity contribution in [3.8, 4) is 0 Å². The van der Waals surface area contributed by atoms with Crippen LogP contribution in [0.15, 0.2) is 29.2 Å². The summed E-state index contributed by atoms with van der Waals surface area (Å²) < 4.78 is 27.0. The number of piperidine rings is 1. The predicted molar refractivity (Wildman–Crippen MR) is 88.4 cm³/mol. The van der Waals surface area contributed by atoms with E-state index in [4.69, 9.17) is 0 Å². The largest absolute Gasteiger partial charge is 0.351 e. The summed E-state index contributed by atoms with van der Waals surface area (Å²) in [7, 11) is -3.42. The lowest BCUT2D eigenvalue weighted by atomic mass is 9.68. The Labute approximate surface area is 138 Å². The van der Waals surface area contributed by atoms with E-state index in [1.807, 2.05) is 26.8 Å². The highest BCUT2D eigenvalue weighted by molar-refractivity contribution is 7.89. The van der Waals surface area contributed by atoms with Crippen LogP contribution in [-0.4, -0.2) is 37.8 Å². The molecule has 1 unspecified atom stereocenters. The number of nitrogens with zero attached hydrogens (tertiary/aromatic N) is 1. The second-order valence-corrected chi connectivity index (χ2v) is 9.17. The van der Waals surface area contributed by atoms with Crippen molar-refractivity contribution >= 4 is 15.9 Å². The molecule has 2 saturated heterocycles. The van der Waals surface area contributed by atoms with Crippen LogP contribution in [0.2, 0.25) is 0 Å². The molecule has 23 heavy (non-hydrogen) atoms. The smallest absolute Gasteiger partial charge is 0.243 e. The molecule has 1 aromatic carbocycles. The third kappa shape index (κ3) is 2.78. The van der Waals surface area contributed by atoms with Crippen LogP contribution >= 0.6 is 0 Å². The Morgan fingerprint density at radius 3 is 2.39 bits per heavy atom. The average Bonchev–Trinajstić information content (AvgIpc) is 2.52. The highest BCUT2D eigenvalue weighted by Crippen LogP contribution is 2.39. The number of carbonyl (C=O) groups is 1. The number of β-lactam (4-membered cyclic amide) rings is 1. The highest BCUT2D eigenvalue weighted by Gasteiger charge is 2.51. The van der Waals surface area contributed by atoms with Gasteiger partial charge in [0.25, 0.3) is 0 Å². The van der Waals surface area contributed by atoms with Crippen LogP contribution in [0, 0.1) is 18.3 Å². The summed E-state index contributed by atoms with van der Waals surface area (Å²) in [5.41, 5.74) is 0.613. The summed E-state index contributed by atoms with van der Waals surface area (Å²) >= 11 is 0. The van der Waals surface area contributed by atoms with Gasteiger partial charge < -0.3 is 5.32 Å². The van der Waals surface area contributed by atoms with Crippen LogP contribution in [0.25, 0.3) is 0 Å². The standard InChI is InChI=1S/C17H24N2O3S/c1-12-5-4-6-14(11-12)23(21,22)19-9-7-13(8-10-19)15-17(2,3)16(20)18-15/h4-6,11,13,15H,7-10H2,1-3H3,(H,18,20). The van der Waals surface area contributed by atoms with Gasteiger partial charge in [0.15, 0.2) is 0 Å². The lowest BCUT2D eigenvalue weighted by Gasteiger charge is -2.49. The van der Waals surface area contributed by atoms with Gasteiger partial charge in [0, 0.05) is 19.1 Å². The summed E-state index contributed by atoms with van der Waals surface area (Å²) in [5, 5.41) is 2.99. The molecule has 0 spiro atoms. The molecule has 2 aliphatic rings.